The van der Waals surface area contributed by atoms with E-state index in [0.29, 0.717) is 0 Å². The number of methoxy groups -OCH3 is 1. The Labute approximate surface area is 250 Å². The average Bonchev–Trinajstić information content (AvgIpc) is 3.30. The summed E-state index contributed by atoms with van der Waals surface area (Å²) in [6.07, 6.45) is 4.70. The molecule has 0 N–H and O–H groups in total. The molecule has 0 atom stereocenters. The Balaban J connectivity index is 1.66. The molecule has 1 aliphatic heterocycles. The lowest BCUT2D eigenvalue weighted by molar-refractivity contribution is -0.890. The molecule has 1 aliphatic rings. The zero-order valence-electron chi connectivity index (χ0n) is 25.4. The predicted molar refractivity (Wildman–Crippen MR) is 175 cm³/mol. The Morgan fingerprint density at radius 2 is 1.71 bits per heavy atom. The predicted octanol–water partition coefficient (Wildman–Crippen LogP) is 7.37. The number of para-hydroxylation sites is 2. The van der Waals surface area contributed by atoms with Gasteiger partial charge in [0, 0.05) is 35.9 Å². The zero-order chi connectivity index (χ0) is 29.0. The fraction of sp³-hybridized carbons (Fsp3) is 0.343. The van der Waals surface area contributed by atoms with Crippen LogP contribution in [-0.2, 0) is 0 Å². The first kappa shape index (κ1) is 29.0. The van der Waals surface area contributed by atoms with Crippen LogP contribution in [0, 0.1) is 0 Å². The maximum absolute atomic E-state index is 5.74. The molecule has 0 amide bonds. The number of anilines is 2. The first-order valence-electron chi connectivity index (χ1n) is 14.8. The number of fused-ring (bicyclic) bond motifs is 2. The van der Waals surface area contributed by atoms with Gasteiger partial charge in [0.2, 0.25) is 0 Å². The molecule has 0 unspecified atom stereocenters. The van der Waals surface area contributed by atoms with Gasteiger partial charge in [0.15, 0.2) is 0 Å². The van der Waals surface area contributed by atoms with Crippen molar-refractivity contribution in [3.63, 3.8) is 0 Å². The highest BCUT2D eigenvalue weighted by atomic mass is 32.2. The van der Waals surface area contributed by atoms with Crippen molar-refractivity contribution in [2.24, 2.45) is 0 Å². The monoisotopic (exact) mass is 568 g/mol. The number of rotatable bonds is 11. The van der Waals surface area contributed by atoms with E-state index in [1.54, 1.807) is 7.11 Å². The number of aromatic nitrogens is 1. The summed E-state index contributed by atoms with van der Waals surface area (Å²) in [7, 11) is 8.61. The molecule has 1 aromatic heterocycles. The third kappa shape index (κ3) is 6.24. The van der Waals surface area contributed by atoms with E-state index in [1.165, 1.54) is 45.3 Å². The zero-order valence-corrected chi connectivity index (χ0v) is 26.2. The number of hydrogen-bond acceptors (Lipinski definition) is 4. The topological polar surface area (TPSA) is 19.6 Å². The van der Waals surface area contributed by atoms with Crippen LogP contribution in [0.1, 0.15) is 32.3 Å². The number of pyridine rings is 1. The molecule has 5 nitrogen and oxygen atoms in total. The van der Waals surface area contributed by atoms with Gasteiger partial charge >= 0.3 is 0 Å². The van der Waals surface area contributed by atoms with Crippen LogP contribution in [0.5, 0.6) is 5.75 Å². The number of nitrogens with zero attached hydrogens (tertiary/aromatic N) is 4. The molecule has 41 heavy (non-hydrogen) atoms. The summed E-state index contributed by atoms with van der Waals surface area (Å²) in [5, 5.41) is 2.43. The molecule has 3 aromatic carbocycles. The van der Waals surface area contributed by atoms with Crippen LogP contribution < -0.4 is 19.1 Å². The van der Waals surface area contributed by atoms with Gasteiger partial charge in [-0.2, -0.15) is 4.57 Å². The minimum atomic E-state index is 0.861. The molecule has 0 aliphatic carbocycles. The molecule has 4 aromatic rings. The van der Waals surface area contributed by atoms with Gasteiger partial charge in [-0.15, -0.1) is 0 Å². The summed E-state index contributed by atoms with van der Waals surface area (Å²) in [5.74, 6) is 2.06. The molecule has 0 spiro atoms. The van der Waals surface area contributed by atoms with Gasteiger partial charge in [-0.3, -0.25) is 4.90 Å². The maximum Gasteiger partial charge on any atom is 0.282 e. The highest BCUT2D eigenvalue weighted by Crippen LogP contribution is 2.46. The van der Waals surface area contributed by atoms with Crippen LogP contribution in [0.4, 0.5) is 11.5 Å². The van der Waals surface area contributed by atoms with Gasteiger partial charge in [0.05, 0.1) is 58.1 Å². The second-order valence-corrected chi connectivity index (χ2v) is 12.5. The van der Waals surface area contributed by atoms with Crippen LogP contribution in [-0.4, -0.2) is 58.9 Å². The van der Waals surface area contributed by atoms with Gasteiger partial charge in [-0.25, -0.2) is 0 Å². The second-order valence-electron chi connectivity index (χ2n) is 11.4. The Kier molecular flexibility index (Phi) is 8.91. The molecule has 5 rings (SSSR count). The number of hydrogen-bond donors (Lipinski definition) is 0. The van der Waals surface area contributed by atoms with E-state index < -0.39 is 0 Å². The van der Waals surface area contributed by atoms with Crippen LogP contribution >= 0.6 is 11.8 Å². The molecule has 0 bridgehead atoms. The fourth-order valence-electron chi connectivity index (χ4n) is 5.89. The number of ether oxygens (including phenoxy) is 1. The maximum atomic E-state index is 5.74. The first-order chi connectivity index (χ1) is 19.8. The normalized spacial score (nSPS) is 14.1. The largest absolute Gasteiger partial charge is 0.497 e. The van der Waals surface area contributed by atoms with Crippen molar-refractivity contribution in [3.8, 4) is 11.4 Å². The van der Waals surface area contributed by atoms with Crippen molar-refractivity contribution in [1.82, 2.24) is 0 Å². The third-order valence-corrected chi connectivity index (χ3v) is 9.23. The van der Waals surface area contributed by atoms with Gasteiger partial charge in [0.1, 0.15) is 17.0 Å². The number of thioether (sulfide) groups is 1. The molecule has 0 saturated carbocycles. The van der Waals surface area contributed by atoms with E-state index in [4.69, 9.17) is 4.74 Å². The molecule has 6 heteroatoms. The Morgan fingerprint density at radius 3 is 2.41 bits per heavy atom. The molecule has 0 radical (unpaired) electrons. The van der Waals surface area contributed by atoms with Crippen LogP contribution in [0.25, 0.3) is 22.7 Å². The van der Waals surface area contributed by atoms with Crippen LogP contribution in [0.15, 0.2) is 88.8 Å². The molecule has 214 valence electrons. The summed E-state index contributed by atoms with van der Waals surface area (Å²) < 4.78 is 9.21. The van der Waals surface area contributed by atoms with Crippen molar-refractivity contribution >= 4 is 40.2 Å². The lowest BCUT2D eigenvalue weighted by Crippen LogP contribution is -2.44. The Bertz CT molecular complexity index is 1530. The second kappa shape index (κ2) is 12.6. The lowest BCUT2D eigenvalue weighted by atomic mass is 10.1. The molecular weight excluding hydrogens is 524 g/mol. The van der Waals surface area contributed by atoms with Gasteiger partial charge in [0.25, 0.3) is 5.82 Å². The van der Waals surface area contributed by atoms with Gasteiger partial charge in [-0.1, -0.05) is 49.0 Å². The average molecular weight is 569 g/mol. The molecule has 2 heterocycles. The van der Waals surface area contributed by atoms with Gasteiger partial charge < -0.3 is 14.1 Å². The summed E-state index contributed by atoms with van der Waals surface area (Å²) in [5.41, 5.74) is 4.77. The van der Waals surface area contributed by atoms with E-state index in [2.05, 4.69) is 134 Å². The summed E-state index contributed by atoms with van der Waals surface area (Å²) in [6, 6.07) is 28.2. The molecule has 0 saturated heterocycles. The molecule has 0 fully saturated rings. The van der Waals surface area contributed by atoms with E-state index in [1.807, 2.05) is 11.8 Å². The summed E-state index contributed by atoms with van der Waals surface area (Å²) in [6.45, 7) is 8.84. The highest BCUT2D eigenvalue weighted by molar-refractivity contribution is 8.03. The van der Waals surface area contributed by atoms with Gasteiger partial charge in [-0.05, 0) is 61.4 Å². The summed E-state index contributed by atoms with van der Waals surface area (Å²) >= 11 is 1.84. The minimum Gasteiger partial charge on any atom is -0.497 e. The lowest BCUT2D eigenvalue weighted by Gasteiger charge is -2.30. The Hall–Kier alpha value is -3.48. The quantitative estimate of drug-likeness (QED) is 0.139. The minimum absolute atomic E-state index is 0.861. The van der Waals surface area contributed by atoms with Crippen LogP contribution in [0.2, 0.25) is 0 Å². The first-order valence-corrected chi connectivity index (χ1v) is 15.6. The van der Waals surface area contributed by atoms with Crippen molar-refractivity contribution in [3.05, 3.63) is 89.5 Å². The van der Waals surface area contributed by atoms with Crippen molar-refractivity contribution in [1.29, 1.82) is 0 Å². The molecular formula is C35H44N4OS+2. The Morgan fingerprint density at radius 1 is 0.951 bits per heavy atom. The number of benzene rings is 3. The van der Waals surface area contributed by atoms with E-state index >= 15 is 0 Å². The van der Waals surface area contributed by atoms with Crippen molar-refractivity contribution in [2.75, 3.05) is 64.2 Å². The van der Waals surface area contributed by atoms with Crippen LogP contribution in [0.3, 0.4) is 0 Å². The fourth-order valence-corrected chi connectivity index (χ4v) is 7.00. The summed E-state index contributed by atoms with van der Waals surface area (Å²) in [4.78, 5) is 6.14. The van der Waals surface area contributed by atoms with Crippen molar-refractivity contribution < 1.29 is 13.8 Å². The van der Waals surface area contributed by atoms with E-state index in [9.17, 15) is 0 Å². The van der Waals surface area contributed by atoms with Crippen molar-refractivity contribution in [2.45, 2.75) is 31.6 Å². The third-order valence-electron chi connectivity index (χ3n) is 8.06. The standard InChI is InChI=1S/C35H44N4OS/c1-7-22-39(4,5)23-14-21-37(8-2)34-24-27(25-35-36(3)31-17-12-13-18-33(31)41-35)30-20-19-29(40-6)26-32(30)38(34)28-15-10-9-11-16-28/h9-13,15-20,24-26H,7-8,14,21-23H2,1-6H3/q+2. The smallest absolute Gasteiger partial charge is 0.282 e. The van der Waals surface area contributed by atoms with E-state index in [-0.39, 0.29) is 0 Å². The highest BCUT2D eigenvalue weighted by Gasteiger charge is 2.27. The number of quaternary nitrogens is 1. The SMILES string of the molecule is CCC[N+](C)(C)CCCN(CC)c1cc(C=C2Sc3ccccc3N2C)c2ccc(OC)cc2[n+]1-c1ccccc1. The van der Waals surface area contributed by atoms with E-state index in [0.717, 1.165) is 47.5 Å².